The maximum atomic E-state index is 14.2. The van der Waals surface area contributed by atoms with Crippen LogP contribution >= 0.6 is 0 Å². The second kappa shape index (κ2) is 31.0. The highest BCUT2D eigenvalue weighted by molar-refractivity contribution is 6.00. The summed E-state index contributed by atoms with van der Waals surface area (Å²) in [5, 5.41) is 8.61. The van der Waals surface area contributed by atoms with E-state index in [4.69, 9.17) is 32.9 Å². The molecule has 0 radical (unpaired) electrons. The van der Waals surface area contributed by atoms with Gasteiger partial charge in [0.15, 0.2) is 12.4 Å². The van der Waals surface area contributed by atoms with E-state index in [1.165, 1.54) is 55.5 Å². The molecule has 6 aromatic rings. The normalized spacial score (nSPS) is 11.8. The number of rotatable bonds is 30. The molecule has 0 fully saturated rings. The van der Waals surface area contributed by atoms with Crippen LogP contribution in [0.25, 0.3) is 11.3 Å². The quantitative estimate of drug-likeness (QED) is 0.00734. The van der Waals surface area contributed by atoms with Gasteiger partial charge in [0.25, 0.3) is 11.8 Å². The number of nitrogens with one attached hydrogen (secondary N) is 3. The molecule has 3 N–H and O–H groups in total. The highest BCUT2D eigenvalue weighted by Crippen LogP contribution is 2.30. The van der Waals surface area contributed by atoms with E-state index in [0.29, 0.717) is 30.4 Å². The average Bonchev–Trinajstić information content (AvgIpc) is 3.98. The van der Waals surface area contributed by atoms with Crippen LogP contribution in [0.3, 0.4) is 0 Å². The molecule has 0 aliphatic rings. The van der Waals surface area contributed by atoms with Crippen molar-refractivity contribution in [2.24, 2.45) is 5.92 Å². The molecule has 6 rings (SSSR count). The first-order valence-corrected chi connectivity index (χ1v) is 25.8. The van der Waals surface area contributed by atoms with Crippen molar-refractivity contribution in [1.82, 2.24) is 21.0 Å². The Morgan fingerprint density at radius 1 is 0.637 bits per heavy atom. The van der Waals surface area contributed by atoms with Gasteiger partial charge in [0.05, 0.1) is 30.6 Å². The number of carbonyl (C=O) groups is 9. The number of hydroxylamine groups is 2. The third kappa shape index (κ3) is 18.3. The van der Waals surface area contributed by atoms with Crippen LogP contribution in [0, 0.1) is 5.92 Å². The number of carbonyl (C=O) groups excluding carboxylic acids is 9. The first-order chi connectivity index (χ1) is 38.8. The van der Waals surface area contributed by atoms with E-state index in [-0.39, 0.29) is 72.6 Å². The summed E-state index contributed by atoms with van der Waals surface area (Å²) in [7, 11) is 0. The topological polar surface area (TPSA) is 261 Å². The molecule has 0 spiro atoms. The minimum atomic E-state index is -1.53. The lowest BCUT2D eigenvalue weighted by Crippen LogP contribution is -2.49. The molecule has 0 aliphatic heterocycles. The zero-order valence-corrected chi connectivity index (χ0v) is 44.4. The molecule has 0 saturated carbocycles. The van der Waals surface area contributed by atoms with E-state index in [1.807, 2.05) is 13.0 Å². The van der Waals surface area contributed by atoms with E-state index in [0.717, 1.165) is 23.5 Å². The molecule has 2 unspecified atom stereocenters. The van der Waals surface area contributed by atoms with Crippen LogP contribution in [-0.4, -0.2) is 84.4 Å². The summed E-state index contributed by atoms with van der Waals surface area (Å²) in [6.07, 6.45) is 2.37. The molecule has 5 aromatic carbocycles. The third-order valence-corrected chi connectivity index (χ3v) is 12.2. The smallest absolute Gasteiger partial charge is 0.367 e. The molecule has 0 saturated heterocycles. The van der Waals surface area contributed by atoms with Gasteiger partial charge in [0.2, 0.25) is 12.3 Å². The fourth-order valence-electron chi connectivity index (χ4n) is 8.11. The Labute approximate surface area is 461 Å². The molecule has 4 amide bonds. The fraction of sp³-hybridized carbons (Fsp3) is 0.283. The molecule has 3 atom stereocenters. The molecule has 0 aliphatic carbocycles. The van der Waals surface area contributed by atoms with Crippen molar-refractivity contribution in [3.05, 3.63) is 179 Å². The highest BCUT2D eigenvalue weighted by atomic mass is 16.7. The minimum Gasteiger partial charge on any atom is -0.481 e. The lowest BCUT2D eigenvalue weighted by molar-refractivity contribution is -0.171. The van der Waals surface area contributed by atoms with Gasteiger partial charge in [-0.15, -0.1) is 0 Å². The van der Waals surface area contributed by atoms with Crippen molar-refractivity contribution in [2.45, 2.75) is 91.2 Å². The maximum absolute atomic E-state index is 14.2. The van der Waals surface area contributed by atoms with Crippen LogP contribution in [0.1, 0.15) is 107 Å². The van der Waals surface area contributed by atoms with Crippen LogP contribution in [0.5, 0.6) is 11.5 Å². The Hall–Kier alpha value is -9.59. The van der Waals surface area contributed by atoms with Crippen LogP contribution in [0.2, 0.25) is 0 Å². The Kier molecular flexibility index (Phi) is 23.1. The van der Waals surface area contributed by atoms with Crippen molar-refractivity contribution in [2.75, 3.05) is 13.3 Å². The van der Waals surface area contributed by atoms with Gasteiger partial charge in [0, 0.05) is 12.5 Å². The number of amides is 4. The van der Waals surface area contributed by atoms with Gasteiger partial charge in [0.1, 0.15) is 48.7 Å². The summed E-state index contributed by atoms with van der Waals surface area (Å²) in [6.45, 7) is 3.53. The Morgan fingerprint density at radius 3 is 1.86 bits per heavy atom. The summed E-state index contributed by atoms with van der Waals surface area (Å²) in [4.78, 5) is 124. The first kappa shape index (κ1) is 59.7. The average molecular weight is 1100 g/mol. The molecular weight excluding hydrogens is 1030 g/mol. The van der Waals surface area contributed by atoms with Crippen LogP contribution in [0.15, 0.2) is 150 Å². The molecule has 418 valence electrons. The molecule has 0 bridgehead atoms. The molecule has 20 nitrogen and oxygen atoms in total. The Bertz CT molecular complexity index is 3060. The maximum Gasteiger partial charge on any atom is 0.367 e. The second-order valence-corrected chi connectivity index (χ2v) is 18.0. The minimum absolute atomic E-state index is 0.0592. The molecule has 80 heavy (non-hydrogen) atoms. The zero-order chi connectivity index (χ0) is 57.2. The first-order valence-electron chi connectivity index (χ1n) is 25.8. The number of para-hydroxylation sites is 1. The summed E-state index contributed by atoms with van der Waals surface area (Å²) < 4.78 is 33.3. The lowest BCUT2D eigenvalue weighted by Gasteiger charge is -2.32. The summed E-state index contributed by atoms with van der Waals surface area (Å²) in [5.41, 5.74) is 2.07. The molecular formula is C60H62N4O16. The fourth-order valence-corrected chi connectivity index (χ4v) is 8.11. The van der Waals surface area contributed by atoms with Crippen molar-refractivity contribution in [1.29, 1.82) is 0 Å². The van der Waals surface area contributed by atoms with E-state index in [1.54, 1.807) is 97.9 Å². The predicted octanol–water partition coefficient (Wildman–Crippen LogP) is 7.98. The number of hydrogen-bond donors (Lipinski definition) is 3. The zero-order valence-electron chi connectivity index (χ0n) is 44.4. The number of esters is 4. The Morgan fingerprint density at radius 2 is 1.25 bits per heavy atom. The summed E-state index contributed by atoms with van der Waals surface area (Å²) in [5.74, 6) is -7.54. The standard InChI is InChI=1S/C60H62N4O16/c1-4-6-10-25-45(49(5-2)64(39-65)80-59(72)47-26-17-18-27-51(47)78-40(3)66)56(69)61-38-62-58(71)52-31-30-50(79-52)44-28-29-46(53(32-44)74-37-55(68)76-35-42-21-13-8-14-22-42)57(70)63-48(60(73)77-36-43-23-15-9-16-24-43)33-54(67)75-34-41-19-11-7-12-20-41/h7-9,11-24,26-32,39,45,48-49H,4-6,10,25,33-38H2,1-3H3,(H,61,69)(H,62,71)(H,63,70)/t45?,48?,49-/m1/s1. The van der Waals surface area contributed by atoms with Gasteiger partial charge in [-0.25, -0.2) is 14.4 Å². The van der Waals surface area contributed by atoms with Gasteiger partial charge in [-0.1, -0.05) is 142 Å². The van der Waals surface area contributed by atoms with E-state index >= 15 is 0 Å². The monoisotopic (exact) mass is 1090 g/mol. The third-order valence-electron chi connectivity index (χ3n) is 12.2. The van der Waals surface area contributed by atoms with Gasteiger partial charge in [-0.05, 0) is 65.9 Å². The number of nitrogens with zero attached hydrogens (tertiary/aromatic N) is 1. The van der Waals surface area contributed by atoms with Gasteiger partial charge in [-0.2, -0.15) is 5.06 Å². The predicted molar refractivity (Wildman–Crippen MR) is 287 cm³/mol. The number of benzene rings is 5. The number of ether oxygens (including phenoxy) is 5. The van der Waals surface area contributed by atoms with Crippen molar-refractivity contribution in [3.63, 3.8) is 0 Å². The van der Waals surface area contributed by atoms with Crippen molar-refractivity contribution >= 4 is 54.0 Å². The van der Waals surface area contributed by atoms with Crippen LogP contribution < -0.4 is 25.4 Å². The SMILES string of the molecule is CCCCCC(C(=O)NCNC(=O)c1ccc(-c2ccc(C(=O)NC(CC(=O)OCc3ccccc3)C(=O)OCc3ccccc3)c(OCC(=O)OCc3ccccc3)c2)o1)[C@@H](CC)N(C=O)OC(=O)c1ccccc1OC(C)=O. The Balaban J connectivity index is 1.16. The second-order valence-electron chi connectivity index (χ2n) is 18.0. The van der Waals surface area contributed by atoms with Gasteiger partial charge >= 0.3 is 29.8 Å². The number of hydrogen-bond acceptors (Lipinski definition) is 16. The van der Waals surface area contributed by atoms with E-state index in [9.17, 15) is 43.2 Å². The number of furan rings is 1. The summed E-state index contributed by atoms with van der Waals surface area (Å²) in [6, 6.07) is 37.0. The van der Waals surface area contributed by atoms with Crippen molar-refractivity contribution in [3.8, 4) is 22.8 Å². The molecule has 1 heterocycles. The van der Waals surface area contributed by atoms with Crippen molar-refractivity contribution < 1.29 is 76.1 Å². The molecule has 1 aromatic heterocycles. The van der Waals surface area contributed by atoms with Gasteiger partial charge in [-0.3, -0.25) is 28.8 Å². The van der Waals surface area contributed by atoms with Crippen LogP contribution in [0.4, 0.5) is 0 Å². The lowest BCUT2D eigenvalue weighted by atomic mass is 9.90. The largest absolute Gasteiger partial charge is 0.481 e. The molecule has 20 heteroatoms. The highest BCUT2D eigenvalue weighted by Gasteiger charge is 2.34. The number of unbranched alkanes of at least 4 members (excludes halogenated alkanes) is 2. The van der Waals surface area contributed by atoms with Gasteiger partial charge < -0.3 is 48.9 Å². The van der Waals surface area contributed by atoms with E-state index in [2.05, 4.69) is 16.0 Å². The summed E-state index contributed by atoms with van der Waals surface area (Å²) >= 11 is 0. The van der Waals surface area contributed by atoms with E-state index < -0.39 is 78.6 Å². The van der Waals surface area contributed by atoms with Crippen LogP contribution in [-0.2, 0) is 67.6 Å².